The van der Waals surface area contributed by atoms with E-state index in [1.807, 2.05) is 12.4 Å². The average molecular weight is 346 g/mol. The molecule has 1 aromatic heterocycles. The minimum atomic E-state index is -0.687. The number of rotatable bonds is 6. The first-order valence-corrected chi connectivity index (χ1v) is 9.51. The van der Waals surface area contributed by atoms with Crippen LogP contribution in [0.4, 0.5) is 4.79 Å². The topological polar surface area (TPSA) is 77.5 Å². The number of aliphatic hydroxyl groups is 1. The van der Waals surface area contributed by atoms with Crippen molar-refractivity contribution in [2.24, 2.45) is 0 Å². The monoisotopic (exact) mass is 346 g/mol. The second-order valence-corrected chi connectivity index (χ2v) is 7.48. The van der Waals surface area contributed by atoms with Gasteiger partial charge in [0.15, 0.2) is 0 Å². The van der Waals surface area contributed by atoms with Crippen molar-refractivity contribution in [2.75, 3.05) is 26.2 Å². The van der Waals surface area contributed by atoms with Crippen LogP contribution < -0.4 is 10.6 Å². The SMILES string of the molecule is O=C(NCC1(O)CCCC1)NC1CCN(CCc2ccncc2)CC1. The lowest BCUT2D eigenvalue weighted by Gasteiger charge is -2.32. The molecule has 1 saturated carbocycles. The summed E-state index contributed by atoms with van der Waals surface area (Å²) in [6, 6.07) is 4.22. The smallest absolute Gasteiger partial charge is 0.315 e. The van der Waals surface area contributed by atoms with E-state index < -0.39 is 5.60 Å². The predicted octanol–water partition coefficient (Wildman–Crippen LogP) is 1.69. The van der Waals surface area contributed by atoms with Gasteiger partial charge in [-0.15, -0.1) is 0 Å². The van der Waals surface area contributed by atoms with E-state index in [1.165, 1.54) is 5.56 Å². The molecule has 0 atom stereocenters. The summed E-state index contributed by atoms with van der Waals surface area (Å²) in [4.78, 5) is 18.6. The molecule has 6 nitrogen and oxygen atoms in total. The lowest BCUT2D eigenvalue weighted by molar-refractivity contribution is 0.0499. The van der Waals surface area contributed by atoms with Crippen LogP contribution in [0.25, 0.3) is 0 Å². The lowest BCUT2D eigenvalue weighted by Crippen LogP contribution is -2.50. The van der Waals surface area contributed by atoms with E-state index in [2.05, 4.69) is 32.7 Å². The summed E-state index contributed by atoms with van der Waals surface area (Å²) >= 11 is 0. The van der Waals surface area contributed by atoms with E-state index in [4.69, 9.17) is 0 Å². The second kappa shape index (κ2) is 8.63. The molecule has 25 heavy (non-hydrogen) atoms. The summed E-state index contributed by atoms with van der Waals surface area (Å²) in [6.45, 7) is 3.44. The number of carbonyl (C=O) groups excluding carboxylic acids is 1. The number of nitrogens with one attached hydrogen (secondary N) is 2. The molecule has 0 unspecified atom stereocenters. The number of likely N-dealkylation sites (tertiary alicyclic amines) is 1. The Morgan fingerprint density at radius 3 is 2.60 bits per heavy atom. The van der Waals surface area contributed by atoms with Crippen LogP contribution in [-0.4, -0.2) is 58.8 Å². The first-order valence-electron chi connectivity index (χ1n) is 9.51. The maximum absolute atomic E-state index is 12.0. The lowest BCUT2D eigenvalue weighted by atomic mass is 10.0. The van der Waals surface area contributed by atoms with E-state index in [9.17, 15) is 9.90 Å². The molecule has 0 radical (unpaired) electrons. The van der Waals surface area contributed by atoms with Crippen molar-refractivity contribution >= 4 is 6.03 Å². The van der Waals surface area contributed by atoms with Gasteiger partial charge >= 0.3 is 6.03 Å². The maximum atomic E-state index is 12.0. The first-order chi connectivity index (χ1) is 12.1. The van der Waals surface area contributed by atoms with Gasteiger partial charge in [0.25, 0.3) is 0 Å². The normalized spacial score (nSPS) is 21.2. The highest BCUT2D eigenvalue weighted by Crippen LogP contribution is 2.28. The van der Waals surface area contributed by atoms with Gasteiger partial charge in [-0.05, 0) is 49.8 Å². The average Bonchev–Trinajstić information content (AvgIpc) is 3.07. The molecule has 3 N–H and O–H groups in total. The van der Waals surface area contributed by atoms with Crippen LogP contribution >= 0.6 is 0 Å². The van der Waals surface area contributed by atoms with Crippen molar-refractivity contribution < 1.29 is 9.90 Å². The zero-order valence-corrected chi connectivity index (χ0v) is 14.9. The number of urea groups is 1. The first kappa shape index (κ1) is 18.1. The quantitative estimate of drug-likeness (QED) is 0.733. The van der Waals surface area contributed by atoms with Gasteiger partial charge in [-0.1, -0.05) is 12.8 Å². The van der Waals surface area contributed by atoms with E-state index in [0.717, 1.165) is 64.6 Å². The number of nitrogens with zero attached hydrogens (tertiary/aromatic N) is 2. The number of pyridine rings is 1. The van der Waals surface area contributed by atoms with Crippen molar-refractivity contribution in [3.05, 3.63) is 30.1 Å². The van der Waals surface area contributed by atoms with Crippen LogP contribution in [-0.2, 0) is 6.42 Å². The van der Waals surface area contributed by atoms with Gasteiger partial charge in [-0.3, -0.25) is 4.98 Å². The molecule has 6 heteroatoms. The molecule has 0 spiro atoms. The molecule has 138 valence electrons. The van der Waals surface area contributed by atoms with Gasteiger partial charge in [0.2, 0.25) is 0 Å². The number of carbonyl (C=O) groups is 1. The van der Waals surface area contributed by atoms with Crippen LogP contribution in [0.2, 0.25) is 0 Å². The fourth-order valence-electron chi connectivity index (χ4n) is 3.83. The van der Waals surface area contributed by atoms with Crippen LogP contribution in [0.1, 0.15) is 44.1 Å². The third kappa shape index (κ3) is 5.68. The standard InChI is InChI=1S/C19H30N4O2/c24-18(21-15-19(25)8-1-2-9-19)22-17-6-13-23(14-7-17)12-5-16-3-10-20-11-4-16/h3-4,10-11,17,25H,1-2,5-9,12-15H2,(H2,21,22,24). The molecule has 1 saturated heterocycles. The Morgan fingerprint density at radius 1 is 1.24 bits per heavy atom. The van der Waals surface area contributed by atoms with Crippen molar-refractivity contribution in [1.82, 2.24) is 20.5 Å². The zero-order valence-electron chi connectivity index (χ0n) is 14.9. The number of piperidine rings is 1. The number of hydrogen-bond acceptors (Lipinski definition) is 4. The molecule has 3 rings (SSSR count). The molecule has 2 amide bonds. The molecule has 0 bridgehead atoms. The van der Waals surface area contributed by atoms with Crippen LogP contribution in [0, 0.1) is 0 Å². The summed E-state index contributed by atoms with van der Waals surface area (Å²) in [5, 5.41) is 16.2. The molecule has 2 aliphatic rings. The largest absolute Gasteiger partial charge is 0.388 e. The molecule has 1 aliphatic carbocycles. The van der Waals surface area contributed by atoms with Crippen LogP contribution in [0.3, 0.4) is 0 Å². The Morgan fingerprint density at radius 2 is 1.92 bits per heavy atom. The molecule has 0 aromatic carbocycles. The molecular weight excluding hydrogens is 316 g/mol. The fourth-order valence-corrected chi connectivity index (χ4v) is 3.83. The van der Waals surface area contributed by atoms with E-state index in [-0.39, 0.29) is 12.1 Å². The van der Waals surface area contributed by atoms with Crippen molar-refractivity contribution in [3.8, 4) is 0 Å². The fraction of sp³-hybridized carbons (Fsp3) is 0.684. The van der Waals surface area contributed by atoms with Gasteiger partial charge < -0.3 is 20.6 Å². The highest BCUT2D eigenvalue weighted by atomic mass is 16.3. The van der Waals surface area contributed by atoms with Gasteiger partial charge in [0.05, 0.1) is 5.60 Å². The summed E-state index contributed by atoms with van der Waals surface area (Å²) in [7, 11) is 0. The summed E-state index contributed by atoms with van der Waals surface area (Å²) in [6.07, 6.45) is 10.4. The number of amides is 2. The predicted molar refractivity (Wildman–Crippen MR) is 97.4 cm³/mol. The van der Waals surface area contributed by atoms with E-state index in [0.29, 0.717) is 6.54 Å². The van der Waals surface area contributed by atoms with Gasteiger partial charge in [0, 0.05) is 44.6 Å². The van der Waals surface area contributed by atoms with Gasteiger partial charge in [0.1, 0.15) is 0 Å². The zero-order chi connectivity index (χ0) is 17.5. The van der Waals surface area contributed by atoms with Crippen LogP contribution in [0.5, 0.6) is 0 Å². The highest BCUT2D eigenvalue weighted by Gasteiger charge is 2.31. The Balaban J connectivity index is 1.31. The maximum Gasteiger partial charge on any atom is 0.315 e. The summed E-state index contributed by atoms with van der Waals surface area (Å²) < 4.78 is 0. The van der Waals surface area contributed by atoms with Gasteiger partial charge in [-0.2, -0.15) is 0 Å². The van der Waals surface area contributed by atoms with E-state index in [1.54, 1.807) is 0 Å². The molecule has 1 aliphatic heterocycles. The Hall–Kier alpha value is -1.66. The summed E-state index contributed by atoms with van der Waals surface area (Å²) in [5.74, 6) is 0. The molecule has 2 heterocycles. The highest BCUT2D eigenvalue weighted by molar-refractivity contribution is 5.74. The van der Waals surface area contributed by atoms with Crippen molar-refractivity contribution in [2.45, 2.75) is 56.6 Å². The van der Waals surface area contributed by atoms with Crippen molar-refractivity contribution in [3.63, 3.8) is 0 Å². The van der Waals surface area contributed by atoms with Crippen molar-refractivity contribution in [1.29, 1.82) is 0 Å². The number of hydrogen-bond donors (Lipinski definition) is 3. The minimum Gasteiger partial charge on any atom is -0.388 e. The summed E-state index contributed by atoms with van der Waals surface area (Å²) in [5.41, 5.74) is 0.632. The van der Waals surface area contributed by atoms with Crippen LogP contribution in [0.15, 0.2) is 24.5 Å². The number of aromatic nitrogens is 1. The molecule has 1 aromatic rings. The van der Waals surface area contributed by atoms with Gasteiger partial charge in [-0.25, -0.2) is 4.79 Å². The molecule has 2 fully saturated rings. The third-order valence-corrected chi connectivity index (χ3v) is 5.50. The second-order valence-electron chi connectivity index (χ2n) is 7.48. The Labute approximate surface area is 150 Å². The Bertz CT molecular complexity index is 538. The minimum absolute atomic E-state index is 0.143. The molecular formula is C19H30N4O2. The van der Waals surface area contributed by atoms with E-state index >= 15 is 0 Å². The Kier molecular flexibility index (Phi) is 6.26. The third-order valence-electron chi connectivity index (χ3n) is 5.50.